The van der Waals surface area contributed by atoms with Gasteiger partial charge in [0.1, 0.15) is 0 Å². The van der Waals surface area contributed by atoms with E-state index in [1.165, 1.54) is 11.3 Å². The van der Waals surface area contributed by atoms with E-state index in [0.717, 1.165) is 49.1 Å². The van der Waals surface area contributed by atoms with Crippen LogP contribution in [0.4, 0.5) is 11.6 Å². The molecule has 1 aliphatic rings. The molecule has 1 saturated heterocycles. The summed E-state index contributed by atoms with van der Waals surface area (Å²) in [5.41, 5.74) is 10.0. The fourth-order valence-corrected chi connectivity index (χ4v) is 5.47. The zero-order valence-corrected chi connectivity index (χ0v) is 19.3. The van der Waals surface area contributed by atoms with Crippen LogP contribution in [0, 0.1) is 0 Å². The molecule has 3 N–H and O–H groups in total. The van der Waals surface area contributed by atoms with Crippen molar-refractivity contribution in [3.63, 3.8) is 0 Å². The van der Waals surface area contributed by atoms with Crippen LogP contribution in [-0.2, 0) is 0 Å². The molecule has 3 heterocycles. The van der Waals surface area contributed by atoms with Crippen molar-refractivity contribution in [3.05, 3.63) is 83.9 Å². The van der Waals surface area contributed by atoms with E-state index in [0.29, 0.717) is 19.0 Å². The van der Waals surface area contributed by atoms with E-state index >= 15 is 0 Å². The predicted octanol–water partition coefficient (Wildman–Crippen LogP) is 5.43. The minimum atomic E-state index is 0.0485. The fraction of sp³-hybridized carbons (Fsp3) is 0.148. The van der Waals surface area contributed by atoms with E-state index < -0.39 is 0 Å². The molecule has 6 rings (SSSR count). The molecular weight excluding hydrogens is 442 g/mol. The second-order valence-corrected chi connectivity index (χ2v) is 9.67. The summed E-state index contributed by atoms with van der Waals surface area (Å²) in [6, 6.07) is 24.5. The molecule has 0 bridgehead atoms. The van der Waals surface area contributed by atoms with Crippen molar-refractivity contribution >= 4 is 49.9 Å². The molecule has 2 aromatic heterocycles. The maximum absolute atomic E-state index is 13.0. The number of hydrogen-bond donors (Lipinski definition) is 2. The number of benzene rings is 3. The Hall–Kier alpha value is -3.81. The van der Waals surface area contributed by atoms with E-state index in [9.17, 15) is 4.79 Å². The fourth-order valence-electron chi connectivity index (χ4n) is 4.44. The Morgan fingerprint density at radius 3 is 2.71 bits per heavy atom. The smallest absolute Gasteiger partial charge is 0.264 e. The molecule has 0 aliphatic carbocycles. The van der Waals surface area contributed by atoms with Gasteiger partial charge in [0, 0.05) is 46.5 Å². The van der Waals surface area contributed by atoms with Gasteiger partial charge >= 0.3 is 0 Å². The summed E-state index contributed by atoms with van der Waals surface area (Å²) in [4.78, 5) is 24.9. The number of nitrogens with two attached hydrogens (primary N) is 1. The molecule has 1 fully saturated rings. The largest absolute Gasteiger partial charge is 0.336 e. The highest BCUT2D eigenvalue weighted by molar-refractivity contribution is 7.21. The number of anilines is 2. The Morgan fingerprint density at radius 1 is 1.03 bits per heavy atom. The Labute approximate surface area is 201 Å². The SMILES string of the molecule is NC1CCN(C(=O)c2cc3c(ccc4cnc(Nc5cccc(-c6ccccc6)c5)nc43)s2)C1. The van der Waals surface area contributed by atoms with Crippen molar-refractivity contribution in [1.82, 2.24) is 14.9 Å². The van der Waals surface area contributed by atoms with Gasteiger partial charge in [-0.25, -0.2) is 9.97 Å². The number of carbonyl (C=O) groups excluding carboxylic acids is 1. The highest BCUT2D eigenvalue weighted by Crippen LogP contribution is 2.33. The topological polar surface area (TPSA) is 84.1 Å². The number of thiophene rings is 1. The summed E-state index contributed by atoms with van der Waals surface area (Å²) in [5.74, 6) is 0.572. The predicted molar refractivity (Wildman–Crippen MR) is 139 cm³/mol. The van der Waals surface area contributed by atoms with E-state index in [2.05, 4.69) is 34.6 Å². The molecule has 1 amide bonds. The summed E-state index contributed by atoms with van der Waals surface area (Å²) in [7, 11) is 0. The molecule has 7 heteroatoms. The van der Waals surface area contributed by atoms with Crippen molar-refractivity contribution in [2.75, 3.05) is 18.4 Å². The normalized spacial score (nSPS) is 15.8. The van der Waals surface area contributed by atoms with Crippen molar-refractivity contribution in [3.8, 4) is 11.1 Å². The zero-order chi connectivity index (χ0) is 23.1. The lowest BCUT2D eigenvalue weighted by molar-refractivity contribution is 0.0795. The first-order valence-corrected chi connectivity index (χ1v) is 12.1. The van der Waals surface area contributed by atoms with Gasteiger partial charge in [-0.1, -0.05) is 42.5 Å². The first kappa shape index (κ1) is 20.8. The molecule has 1 unspecified atom stereocenters. The summed E-state index contributed by atoms with van der Waals surface area (Å²) in [6.07, 6.45) is 2.68. The van der Waals surface area contributed by atoms with Gasteiger partial charge in [-0.15, -0.1) is 11.3 Å². The molecule has 168 valence electrons. The van der Waals surface area contributed by atoms with Gasteiger partial charge in [0.25, 0.3) is 5.91 Å². The summed E-state index contributed by atoms with van der Waals surface area (Å²) in [6.45, 7) is 1.33. The van der Waals surface area contributed by atoms with Crippen molar-refractivity contribution in [1.29, 1.82) is 0 Å². The Balaban J connectivity index is 1.33. The lowest BCUT2D eigenvalue weighted by Crippen LogP contribution is -2.31. The van der Waals surface area contributed by atoms with Crippen molar-refractivity contribution < 1.29 is 4.79 Å². The van der Waals surface area contributed by atoms with Crippen LogP contribution in [0.1, 0.15) is 16.1 Å². The summed E-state index contributed by atoms with van der Waals surface area (Å²) >= 11 is 1.50. The number of hydrogen-bond acceptors (Lipinski definition) is 6. The molecule has 1 atom stereocenters. The first-order chi connectivity index (χ1) is 16.6. The van der Waals surface area contributed by atoms with E-state index in [4.69, 9.17) is 10.7 Å². The van der Waals surface area contributed by atoms with Crippen LogP contribution in [0.15, 0.2) is 79.0 Å². The van der Waals surface area contributed by atoms with Gasteiger partial charge in [0.15, 0.2) is 0 Å². The van der Waals surface area contributed by atoms with E-state index in [-0.39, 0.29) is 11.9 Å². The third kappa shape index (κ3) is 3.89. The standard InChI is InChI=1S/C27H23N5OS/c28-20-11-12-32(16-20)26(33)24-14-22-23(34-24)10-9-19-15-29-27(31-25(19)22)30-21-8-4-7-18(13-21)17-5-2-1-3-6-17/h1-10,13-15,20H,11-12,16,28H2,(H,29,30,31). The van der Waals surface area contributed by atoms with Gasteiger partial charge in [-0.2, -0.15) is 0 Å². The Morgan fingerprint density at radius 2 is 1.88 bits per heavy atom. The van der Waals surface area contributed by atoms with Gasteiger partial charge in [-0.05, 0) is 47.9 Å². The quantitative estimate of drug-likeness (QED) is 0.370. The van der Waals surface area contributed by atoms with Crippen LogP contribution >= 0.6 is 11.3 Å². The molecule has 3 aromatic carbocycles. The van der Waals surface area contributed by atoms with E-state index in [1.54, 1.807) is 0 Å². The average molecular weight is 466 g/mol. The van der Waals surface area contributed by atoms with Gasteiger partial charge < -0.3 is 16.0 Å². The van der Waals surface area contributed by atoms with Crippen LogP contribution in [0.2, 0.25) is 0 Å². The molecule has 1 aliphatic heterocycles. The van der Waals surface area contributed by atoms with Crippen LogP contribution in [-0.4, -0.2) is 39.9 Å². The molecule has 0 spiro atoms. The third-order valence-electron chi connectivity index (χ3n) is 6.20. The molecule has 5 aromatic rings. The lowest BCUT2D eigenvalue weighted by Gasteiger charge is -2.13. The second-order valence-electron chi connectivity index (χ2n) is 8.59. The number of aromatic nitrogens is 2. The number of nitrogens with zero attached hydrogens (tertiary/aromatic N) is 3. The lowest BCUT2D eigenvalue weighted by atomic mass is 10.1. The molecular formula is C27H23N5OS. The number of nitrogens with one attached hydrogen (secondary N) is 1. The van der Waals surface area contributed by atoms with Crippen LogP contribution in [0.3, 0.4) is 0 Å². The van der Waals surface area contributed by atoms with Gasteiger partial charge in [0.05, 0.1) is 10.4 Å². The van der Waals surface area contributed by atoms with Gasteiger partial charge in [0.2, 0.25) is 5.95 Å². The Kier molecular flexibility index (Phi) is 5.20. The second kappa shape index (κ2) is 8.52. The average Bonchev–Trinajstić information content (AvgIpc) is 3.51. The first-order valence-electron chi connectivity index (χ1n) is 11.3. The number of carbonyl (C=O) groups is 1. The van der Waals surface area contributed by atoms with Crippen LogP contribution in [0.5, 0.6) is 0 Å². The molecule has 34 heavy (non-hydrogen) atoms. The number of rotatable bonds is 4. The summed E-state index contributed by atoms with van der Waals surface area (Å²) < 4.78 is 1.04. The molecule has 6 nitrogen and oxygen atoms in total. The van der Waals surface area contributed by atoms with Crippen molar-refractivity contribution in [2.24, 2.45) is 5.73 Å². The maximum Gasteiger partial charge on any atom is 0.264 e. The number of fused-ring (bicyclic) bond motifs is 3. The molecule has 0 radical (unpaired) electrons. The highest BCUT2D eigenvalue weighted by Gasteiger charge is 2.26. The zero-order valence-electron chi connectivity index (χ0n) is 18.4. The van der Waals surface area contributed by atoms with Crippen LogP contribution < -0.4 is 11.1 Å². The van der Waals surface area contributed by atoms with Gasteiger partial charge in [-0.3, -0.25) is 4.79 Å². The minimum absolute atomic E-state index is 0.0485. The molecule has 0 saturated carbocycles. The van der Waals surface area contributed by atoms with E-state index in [1.807, 2.05) is 59.6 Å². The minimum Gasteiger partial charge on any atom is -0.336 e. The maximum atomic E-state index is 13.0. The number of likely N-dealkylation sites (tertiary alicyclic amines) is 1. The Bertz CT molecular complexity index is 1510. The van der Waals surface area contributed by atoms with Crippen molar-refractivity contribution in [2.45, 2.75) is 12.5 Å². The number of amides is 1. The highest BCUT2D eigenvalue weighted by atomic mass is 32.1. The van der Waals surface area contributed by atoms with Crippen LogP contribution in [0.25, 0.3) is 32.1 Å². The monoisotopic (exact) mass is 465 g/mol. The summed E-state index contributed by atoms with van der Waals surface area (Å²) in [5, 5.41) is 5.25. The third-order valence-corrected chi connectivity index (χ3v) is 7.28.